The number of nitrogens with one attached hydrogen (secondary N) is 3. The molecule has 0 unspecified atom stereocenters. The Bertz CT molecular complexity index is 521. The van der Waals surface area contributed by atoms with Gasteiger partial charge in [-0.3, -0.25) is 15.6 Å². The van der Waals surface area contributed by atoms with Crippen LogP contribution in [0, 0.1) is 0 Å². The summed E-state index contributed by atoms with van der Waals surface area (Å²) >= 11 is 6.81. The van der Waals surface area contributed by atoms with E-state index in [1.165, 1.54) is 23.3 Å². The van der Waals surface area contributed by atoms with Crippen LogP contribution >= 0.6 is 23.6 Å². The maximum absolute atomic E-state index is 12.2. The summed E-state index contributed by atoms with van der Waals surface area (Å²) in [5.41, 5.74) is 6.79. The van der Waals surface area contributed by atoms with E-state index >= 15 is 0 Å². The fraction of sp³-hybridized carbons (Fsp3) is 0.625. The van der Waals surface area contributed by atoms with E-state index in [1.54, 1.807) is 11.3 Å². The first-order valence-electron chi connectivity index (χ1n) is 8.12. The highest BCUT2D eigenvalue weighted by atomic mass is 32.1. The number of carbonyl (C=O) groups is 1. The van der Waals surface area contributed by atoms with E-state index in [4.69, 9.17) is 12.2 Å². The first kappa shape index (κ1) is 17.2. The third-order valence-electron chi connectivity index (χ3n) is 3.96. The molecule has 1 heterocycles. The SMILES string of the molecule is CCCc1sc(C(=O)NNC(=S)NC2CCCC2)cc1CC. The lowest BCUT2D eigenvalue weighted by molar-refractivity contribution is 0.0947. The Labute approximate surface area is 142 Å². The van der Waals surface area contributed by atoms with Crippen molar-refractivity contribution in [2.75, 3.05) is 0 Å². The first-order valence-corrected chi connectivity index (χ1v) is 9.35. The number of rotatable bonds is 5. The second kappa shape index (κ2) is 8.48. The second-order valence-electron chi connectivity index (χ2n) is 5.70. The summed E-state index contributed by atoms with van der Waals surface area (Å²) in [6.45, 7) is 4.29. The van der Waals surface area contributed by atoms with Gasteiger partial charge in [0.25, 0.3) is 5.91 Å². The highest BCUT2D eigenvalue weighted by Gasteiger charge is 2.16. The number of hydrogen-bond acceptors (Lipinski definition) is 3. The van der Waals surface area contributed by atoms with Gasteiger partial charge in [-0.15, -0.1) is 11.3 Å². The van der Waals surface area contributed by atoms with Crippen molar-refractivity contribution in [3.8, 4) is 0 Å². The molecule has 1 fully saturated rings. The fourth-order valence-electron chi connectivity index (χ4n) is 2.78. The molecule has 1 aromatic rings. The molecule has 22 heavy (non-hydrogen) atoms. The maximum atomic E-state index is 12.2. The zero-order valence-electron chi connectivity index (χ0n) is 13.3. The lowest BCUT2D eigenvalue weighted by atomic mass is 10.1. The van der Waals surface area contributed by atoms with Gasteiger partial charge in [0, 0.05) is 10.9 Å². The minimum atomic E-state index is -0.113. The van der Waals surface area contributed by atoms with Crippen LogP contribution in [0.5, 0.6) is 0 Å². The second-order valence-corrected chi connectivity index (χ2v) is 7.24. The van der Waals surface area contributed by atoms with E-state index in [0.29, 0.717) is 11.2 Å². The van der Waals surface area contributed by atoms with E-state index in [2.05, 4.69) is 30.0 Å². The van der Waals surface area contributed by atoms with Crippen molar-refractivity contribution in [2.24, 2.45) is 0 Å². The van der Waals surface area contributed by atoms with Gasteiger partial charge < -0.3 is 5.32 Å². The lowest BCUT2D eigenvalue weighted by Gasteiger charge is -2.15. The molecule has 1 aliphatic rings. The molecule has 0 aliphatic heterocycles. The summed E-state index contributed by atoms with van der Waals surface area (Å²) in [6.07, 6.45) is 7.91. The Morgan fingerprint density at radius 3 is 2.68 bits per heavy atom. The maximum Gasteiger partial charge on any atom is 0.279 e. The number of thiocarbonyl (C=S) groups is 1. The van der Waals surface area contributed by atoms with Gasteiger partial charge in [0.05, 0.1) is 4.88 Å². The summed E-state index contributed by atoms with van der Waals surface area (Å²) in [4.78, 5) is 14.3. The van der Waals surface area contributed by atoms with E-state index in [-0.39, 0.29) is 5.91 Å². The number of aryl methyl sites for hydroxylation is 2. The molecule has 6 heteroatoms. The Balaban J connectivity index is 1.84. The van der Waals surface area contributed by atoms with Crippen molar-refractivity contribution in [3.63, 3.8) is 0 Å². The van der Waals surface area contributed by atoms with Crippen molar-refractivity contribution in [1.82, 2.24) is 16.2 Å². The lowest BCUT2D eigenvalue weighted by Crippen LogP contribution is -2.49. The normalized spacial score (nSPS) is 14.8. The number of hydrazine groups is 1. The average Bonchev–Trinajstić information content (AvgIpc) is 3.14. The molecule has 0 atom stereocenters. The van der Waals surface area contributed by atoms with Gasteiger partial charge >= 0.3 is 0 Å². The molecule has 2 rings (SSSR count). The molecule has 4 nitrogen and oxygen atoms in total. The van der Waals surface area contributed by atoms with Crippen LogP contribution in [0.25, 0.3) is 0 Å². The molecule has 0 bridgehead atoms. The molecule has 0 radical (unpaired) electrons. The summed E-state index contributed by atoms with van der Waals surface area (Å²) in [5, 5.41) is 3.74. The molecule has 122 valence electrons. The smallest absolute Gasteiger partial charge is 0.279 e. The third-order valence-corrected chi connectivity index (χ3v) is 5.41. The van der Waals surface area contributed by atoms with Crippen molar-refractivity contribution < 1.29 is 4.79 Å². The summed E-state index contributed by atoms with van der Waals surface area (Å²) in [6, 6.07) is 2.45. The van der Waals surface area contributed by atoms with E-state index in [0.717, 1.165) is 37.0 Å². The number of thiophene rings is 1. The minimum Gasteiger partial charge on any atom is -0.359 e. The molecule has 0 aromatic carbocycles. The first-order chi connectivity index (χ1) is 10.6. The number of hydrogen-bond donors (Lipinski definition) is 3. The molecule has 0 spiro atoms. The zero-order chi connectivity index (χ0) is 15.9. The Morgan fingerprint density at radius 2 is 2.05 bits per heavy atom. The van der Waals surface area contributed by atoms with Crippen LogP contribution in [0.3, 0.4) is 0 Å². The van der Waals surface area contributed by atoms with Crippen LogP contribution in [0.2, 0.25) is 0 Å². The summed E-state index contributed by atoms with van der Waals surface area (Å²) < 4.78 is 0. The molecular weight excluding hydrogens is 314 g/mol. The highest BCUT2D eigenvalue weighted by molar-refractivity contribution is 7.80. The summed E-state index contributed by atoms with van der Waals surface area (Å²) in [5.74, 6) is -0.113. The van der Waals surface area contributed by atoms with Gasteiger partial charge in [0.2, 0.25) is 0 Å². The summed E-state index contributed by atoms with van der Waals surface area (Å²) in [7, 11) is 0. The molecule has 1 aromatic heterocycles. The predicted molar refractivity (Wildman–Crippen MR) is 96.3 cm³/mol. The van der Waals surface area contributed by atoms with Gasteiger partial charge in [-0.2, -0.15) is 0 Å². The van der Waals surface area contributed by atoms with Crippen molar-refractivity contribution in [3.05, 3.63) is 21.4 Å². The van der Waals surface area contributed by atoms with Gasteiger partial charge in [0.15, 0.2) is 5.11 Å². The quantitative estimate of drug-likeness (QED) is 0.569. The van der Waals surface area contributed by atoms with Crippen LogP contribution in [-0.4, -0.2) is 17.1 Å². The van der Waals surface area contributed by atoms with Crippen LogP contribution in [-0.2, 0) is 12.8 Å². The van der Waals surface area contributed by atoms with Crippen molar-refractivity contribution in [1.29, 1.82) is 0 Å². The van der Waals surface area contributed by atoms with Crippen LogP contribution < -0.4 is 16.2 Å². The van der Waals surface area contributed by atoms with E-state index in [9.17, 15) is 4.79 Å². The number of amides is 1. The minimum absolute atomic E-state index is 0.113. The van der Waals surface area contributed by atoms with Gasteiger partial charge in [-0.25, -0.2) is 0 Å². The standard InChI is InChI=1S/C16H25N3OS2/c1-3-7-13-11(4-2)10-14(22-13)15(20)18-19-16(21)17-12-8-5-6-9-12/h10,12H,3-9H2,1-2H3,(H,18,20)(H2,17,19,21). The van der Waals surface area contributed by atoms with Gasteiger partial charge in [0.1, 0.15) is 0 Å². The molecule has 1 amide bonds. The Morgan fingerprint density at radius 1 is 1.32 bits per heavy atom. The molecular formula is C16H25N3OS2. The molecule has 1 saturated carbocycles. The van der Waals surface area contributed by atoms with E-state index in [1.807, 2.05) is 6.07 Å². The van der Waals surface area contributed by atoms with Crippen molar-refractivity contribution >= 4 is 34.6 Å². The predicted octanol–water partition coefficient (Wildman–Crippen LogP) is 3.31. The topological polar surface area (TPSA) is 53.2 Å². The molecule has 0 saturated heterocycles. The van der Waals surface area contributed by atoms with Crippen LogP contribution in [0.1, 0.15) is 66.1 Å². The number of carbonyl (C=O) groups excluding carboxylic acids is 1. The Hall–Kier alpha value is -1.14. The fourth-order valence-corrected chi connectivity index (χ4v) is 4.25. The molecule has 1 aliphatic carbocycles. The highest BCUT2D eigenvalue weighted by Crippen LogP contribution is 2.24. The van der Waals surface area contributed by atoms with Crippen LogP contribution in [0.15, 0.2) is 6.07 Å². The average molecular weight is 340 g/mol. The van der Waals surface area contributed by atoms with Gasteiger partial charge in [-0.05, 0) is 49.5 Å². The largest absolute Gasteiger partial charge is 0.359 e. The third kappa shape index (κ3) is 4.68. The zero-order valence-corrected chi connectivity index (χ0v) is 15.0. The Kier molecular flexibility index (Phi) is 6.64. The monoisotopic (exact) mass is 339 g/mol. The van der Waals surface area contributed by atoms with Gasteiger partial charge in [-0.1, -0.05) is 33.1 Å². The van der Waals surface area contributed by atoms with Crippen LogP contribution in [0.4, 0.5) is 0 Å². The van der Waals surface area contributed by atoms with E-state index < -0.39 is 0 Å². The van der Waals surface area contributed by atoms with Crippen molar-refractivity contribution in [2.45, 2.75) is 64.8 Å². The molecule has 3 N–H and O–H groups in total.